The van der Waals surface area contributed by atoms with Crippen molar-refractivity contribution in [3.63, 3.8) is 0 Å². The standard InChI is InChI=1S/C11H14N4O/c12-5-8-3-1-2-4-10(8)15-7-9(6-14-15)11(13)16/h6-8,10H,1-4H2,(H2,13,16). The van der Waals surface area contributed by atoms with E-state index in [1.165, 1.54) is 6.20 Å². The summed E-state index contributed by atoms with van der Waals surface area (Å²) in [4.78, 5) is 11.0. The summed E-state index contributed by atoms with van der Waals surface area (Å²) >= 11 is 0. The minimum atomic E-state index is -0.476. The largest absolute Gasteiger partial charge is 0.366 e. The highest BCUT2D eigenvalue weighted by molar-refractivity contribution is 5.92. The molecule has 5 heteroatoms. The Bertz CT molecular complexity index is 431. The number of carbonyl (C=O) groups is 1. The fourth-order valence-corrected chi connectivity index (χ4v) is 2.23. The van der Waals surface area contributed by atoms with E-state index in [0.717, 1.165) is 25.7 Å². The van der Waals surface area contributed by atoms with E-state index in [-0.39, 0.29) is 12.0 Å². The molecule has 1 saturated carbocycles. The summed E-state index contributed by atoms with van der Waals surface area (Å²) in [6.45, 7) is 0. The molecule has 1 aliphatic carbocycles. The lowest BCUT2D eigenvalue weighted by Crippen LogP contribution is -2.22. The van der Waals surface area contributed by atoms with Crippen LogP contribution in [0.25, 0.3) is 0 Å². The van der Waals surface area contributed by atoms with Crippen LogP contribution in [0.4, 0.5) is 0 Å². The molecule has 0 aliphatic heterocycles. The topological polar surface area (TPSA) is 84.7 Å². The maximum Gasteiger partial charge on any atom is 0.251 e. The van der Waals surface area contributed by atoms with Crippen LogP contribution in [-0.2, 0) is 0 Å². The van der Waals surface area contributed by atoms with Gasteiger partial charge in [0.1, 0.15) is 0 Å². The fourth-order valence-electron chi connectivity index (χ4n) is 2.23. The average molecular weight is 218 g/mol. The van der Waals surface area contributed by atoms with Crippen molar-refractivity contribution in [2.45, 2.75) is 31.7 Å². The second-order valence-electron chi connectivity index (χ2n) is 4.16. The Balaban J connectivity index is 2.21. The Morgan fingerprint density at radius 3 is 2.94 bits per heavy atom. The lowest BCUT2D eigenvalue weighted by molar-refractivity contribution is 0.1000. The van der Waals surface area contributed by atoms with Crippen LogP contribution in [0.1, 0.15) is 42.1 Å². The third-order valence-electron chi connectivity index (χ3n) is 3.12. The number of nitriles is 1. The molecule has 2 unspecified atom stereocenters. The number of nitrogens with zero attached hydrogens (tertiary/aromatic N) is 3. The van der Waals surface area contributed by atoms with E-state index in [9.17, 15) is 4.79 Å². The molecule has 0 bridgehead atoms. The van der Waals surface area contributed by atoms with E-state index < -0.39 is 5.91 Å². The molecule has 2 atom stereocenters. The number of rotatable bonds is 2. The average Bonchev–Trinajstić information content (AvgIpc) is 2.78. The number of hydrogen-bond donors (Lipinski definition) is 1. The first-order valence-electron chi connectivity index (χ1n) is 5.46. The van der Waals surface area contributed by atoms with Gasteiger partial charge in [0.05, 0.1) is 29.8 Å². The maximum absolute atomic E-state index is 11.0. The fraction of sp³-hybridized carbons (Fsp3) is 0.545. The number of nitrogens with two attached hydrogens (primary N) is 1. The second-order valence-corrected chi connectivity index (χ2v) is 4.16. The van der Waals surface area contributed by atoms with Crippen molar-refractivity contribution < 1.29 is 4.79 Å². The number of carbonyl (C=O) groups excluding carboxylic acids is 1. The van der Waals surface area contributed by atoms with Crippen molar-refractivity contribution in [1.29, 1.82) is 5.26 Å². The van der Waals surface area contributed by atoms with Gasteiger partial charge in [-0.15, -0.1) is 0 Å². The summed E-state index contributed by atoms with van der Waals surface area (Å²) in [5, 5.41) is 13.2. The summed E-state index contributed by atoms with van der Waals surface area (Å²) in [5.41, 5.74) is 5.57. The third-order valence-corrected chi connectivity index (χ3v) is 3.12. The molecule has 0 spiro atoms. The minimum Gasteiger partial charge on any atom is -0.366 e. The summed E-state index contributed by atoms with van der Waals surface area (Å²) in [6.07, 6.45) is 7.16. The van der Waals surface area contributed by atoms with Crippen LogP contribution in [0.5, 0.6) is 0 Å². The van der Waals surface area contributed by atoms with Gasteiger partial charge >= 0.3 is 0 Å². The van der Waals surface area contributed by atoms with Gasteiger partial charge in [-0.25, -0.2) is 0 Å². The Morgan fingerprint density at radius 2 is 2.31 bits per heavy atom. The smallest absolute Gasteiger partial charge is 0.251 e. The van der Waals surface area contributed by atoms with E-state index in [1.807, 2.05) is 0 Å². The normalized spacial score (nSPS) is 24.9. The summed E-state index contributed by atoms with van der Waals surface area (Å²) in [5.74, 6) is -0.482. The summed E-state index contributed by atoms with van der Waals surface area (Å²) < 4.78 is 1.72. The zero-order valence-electron chi connectivity index (χ0n) is 8.97. The Kier molecular flexibility index (Phi) is 2.91. The molecule has 84 valence electrons. The molecule has 2 rings (SSSR count). The first kappa shape index (κ1) is 10.7. The van der Waals surface area contributed by atoms with Crippen molar-refractivity contribution >= 4 is 5.91 Å². The molecule has 0 aromatic carbocycles. The van der Waals surface area contributed by atoms with Crippen LogP contribution < -0.4 is 5.73 Å². The van der Waals surface area contributed by atoms with Gasteiger partial charge in [-0.05, 0) is 12.8 Å². The molecule has 1 fully saturated rings. The zero-order chi connectivity index (χ0) is 11.5. The van der Waals surface area contributed by atoms with E-state index in [2.05, 4.69) is 11.2 Å². The van der Waals surface area contributed by atoms with E-state index >= 15 is 0 Å². The van der Waals surface area contributed by atoms with Gasteiger partial charge < -0.3 is 5.73 Å². The van der Waals surface area contributed by atoms with Gasteiger partial charge in [-0.2, -0.15) is 10.4 Å². The molecule has 2 N–H and O–H groups in total. The highest BCUT2D eigenvalue weighted by atomic mass is 16.1. The summed E-state index contributed by atoms with van der Waals surface area (Å²) in [6, 6.07) is 2.40. The van der Waals surface area contributed by atoms with Crippen molar-refractivity contribution in [1.82, 2.24) is 9.78 Å². The third kappa shape index (κ3) is 1.91. The Morgan fingerprint density at radius 1 is 1.56 bits per heavy atom. The van der Waals surface area contributed by atoms with Gasteiger partial charge in [0.25, 0.3) is 5.91 Å². The quantitative estimate of drug-likeness (QED) is 0.810. The number of primary amides is 1. The maximum atomic E-state index is 11.0. The molecule has 1 heterocycles. The predicted octanol–water partition coefficient (Wildman–Crippen LogP) is 1.24. The van der Waals surface area contributed by atoms with Gasteiger partial charge in [0.15, 0.2) is 0 Å². The van der Waals surface area contributed by atoms with E-state index in [0.29, 0.717) is 5.56 Å². The molecule has 16 heavy (non-hydrogen) atoms. The predicted molar refractivity (Wildman–Crippen MR) is 57.4 cm³/mol. The lowest BCUT2D eigenvalue weighted by Gasteiger charge is -2.26. The van der Waals surface area contributed by atoms with Crippen molar-refractivity contribution in [3.8, 4) is 6.07 Å². The minimum absolute atomic E-state index is 0.00521. The van der Waals surface area contributed by atoms with Crippen molar-refractivity contribution in [2.75, 3.05) is 0 Å². The lowest BCUT2D eigenvalue weighted by atomic mass is 9.85. The first-order chi connectivity index (χ1) is 7.72. The van der Waals surface area contributed by atoms with Gasteiger partial charge in [0, 0.05) is 6.20 Å². The zero-order valence-corrected chi connectivity index (χ0v) is 8.97. The van der Waals surface area contributed by atoms with Gasteiger partial charge in [-0.1, -0.05) is 12.8 Å². The van der Waals surface area contributed by atoms with Crippen LogP contribution in [0.3, 0.4) is 0 Å². The highest BCUT2D eigenvalue weighted by Crippen LogP contribution is 2.32. The monoisotopic (exact) mass is 218 g/mol. The van der Waals surface area contributed by atoms with Crippen LogP contribution in [0.15, 0.2) is 12.4 Å². The molecule has 1 aromatic heterocycles. The van der Waals surface area contributed by atoms with Crippen molar-refractivity contribution in [3.05, 3.63) is 18.0 Å². The first-order valence-corrected chi connectivity index (χ1v) is 5.46. The molecule has 0 saturated heterocycles. The SMILES string of the molecule is N#CC1CCCCC1n1cc(C(N)=O)cn1. The van der Waals surface area contributed by atoms with Gasteiger partial charge in [-0.3, -0.25) is 9.48 Å². The number of hydrogen-bond acceptors (Lipinski definition) is 3. The van der Waals surface area contributed by atoms with E-state index in [4.69, 9.17) is 11.0 Å². The van der Waals surface area contributed by atoms with Crippen molar-refractivity contribution in [2.24, 2.45) is 11.7 Å². The molecule has 5 nitrogen and oxygen atoms in total. The highest BCUT2D eigenvalue weighted by Gasteiger charge is 2.27. The Hall–Kier alpha value is -1.83. The number of aromatic nitrogens is 2. The molecule has 1 aliphatic rings. The van der Waals surface area contributed by atoms with Crippen LogP contribution >= 0.6 is 0 Å². The van der Waals surface area contributed by atoms with E-state index in [1.54, 1.807) is 10.9 Å². The van der Waals surface area contributed by atoms with Crippen LogP contribution in [-0.4, -0.2) is 15.7 Å². The Labute approximate surface area is 93.8 Å². The van der Waals surface area contributed by atoms with Crippen LogP contribution in [0.2, 0.25) is 0 Å². The molecule has 1 aromatic rings. The number of amides is 1. The van der Waals surface area contributed by atoms with Gasteiger partial charge in [0.2, 0.25) is 0 Å². The second kappa shape index (κ2) is 4.35. The molecular weight excluding hydrogens is 204 g/mol. The summed E-state index contributed by atoms with van der Waals surface area (Å²) in [7, 11) is 0. The molecular formula is C11H14N4O. The molecule has 0 radical (unpaired) electrons. The molecule has 1 amide bonds. The van der Waals surface area contributed by atoms with Crippen LogP contribution in [0, 0.1) is 17.2 Å².